The van der Waals surface area contributed by atoms with Crippen molar-refractivity contribution in [1.29, 1.82) is 0 Å². The molecule has 5 heteroatoms. The van der Waals surface area contributed by atoms with Crippen LogP contribution in [-0.2, 0) is 20.8 Å². The number of hydrogen-bond acceptors (Lipinski definition) is 4. The third-order valence-electron chi connectivity index (χ3n) is 5.44. The van der Waals surface area contributed by atoms with E-state index in [1.165, 1.54) is 10.5 Å². The van der Waals surface area contributed by atoms with Crippen molar-refractivity contribution >= 4 is 23.2 Å². The molecular formula is C22H24N2O3. The number of carbonyl (C=O) groups is 2. The van der Waals surface area contributed by atoms with Gasteiger partial charge in [-0.2, -0.15) is 0 Å². The highest BCUT2D eigenvalue weighted by Crippen LogP contribution is 2.41. The monoisotopic (exact) mass is 364 g/mol. The standard InChI is InChI=1S/C22H24N2O3/c1-3-8-18-19-20(27-24(18)17-9-6-5-7-10-17)22(26)23(21(19)25)16-13-11-15(4-2)12-14-16/h5-7,9-14,18-20H,3-4,8H2,1-2H3/t18-,19+,20-/m0/s1. The van der Waals surface area contributed by atoms with E-state index in [9.17, 15) is 9.59 Å². The Morgan fingerprint density at radius 2 is 1.59 bits per heavy atom. The van der Waals surface area contributed by atoms with Crippen LogP contribution in [0.15, 0.2) is 54.6 Å². The Hall–Kier alpha value is -2.66. The predicted molar refractivity (Wildman–Crippen MR) is 104 cm³/mol. The van der Waals surface area contributed by atoms with Crippen LogP contribution in [0.25, 0.3) is 0 Å². The van der Waals surface area contributed by atoms with Gasteiger partial charge >= 0.3 is 0 Å². The average Bonchev–Trinajstić information content (AvgIpc) is 3.19. The number of para-hydroxylation sites is 1. The number of fused-ring (bicyclic) bond motifs is 1. The highest BCUT2D eigenvalue weighted by molar-refractivity contribution is 6.23. The van der Waals surface area contributed by atoms with Crippen molar-refractivity contribution in [2.45, 2.75) is 45.3 Å². The fraction of sp³-hybridized carbons (Fsp3) is 0.364. The quantitative estimate of drug-likeness (QED) is 0.759. The third kappa shape index (κ3) is 2.92. The molecule has 27 heavy (non-hydrogen) atoms. The van der Waals surface area contributed by atoms with Crippen molar-refractivity contribution in [2.75, 3.05) is 9.96 Å². The number of imide groups is 1. The summed E-state index contributed by atoms with van der Waals surface area (Å²) in [7, 11) is 0. The van der Waals surface area contributed by atoms with Crippen molar-refractivity contribution in [3.8, 4) is 0 Å². The number of benzene rings is 2. The zero-order valence-electron chi connectivity index (χ0n) is 15.7. The molecule has 0 aliphatic carbocycles. The molecule has 3 atom stereocenters. The van der Waals surface area contributed by atoms with E-state index < -0.39 is 12.0 Å². The maximum atomic E-state index is 13.2. The minimum absolute atomic E-state index is 0.140. The minimum atomic E-state index is -0.750. The van der Waals surface area contributed by atoms with Gasteiger partial charge in [-0.25, -0.2) is 9.96 Å². The van der Waals surface area contributed by atoms with E-state index in [0.717, 1.165) is 24.9 Å². The molecular weight excluding hydrogens is 340 g/mol. The lowest BCUT2D eigenvalue weighted by atomic mass is 9.93. The largest absolute Gasteiger partial charge is 0.273 e. The summed E-state index contributed by atoms with van der Waals surface area (Å²) in [5, 5.41) is 1.77. The fourth-order valence-electron chi connectivity index (χ4n) is 4.05. The van der Waals surface area contributed by atoms with Gasteiger partial charge in [0.25, 0.3) is 5.91 Å². The van der Waals surface area contributed by atoms with Crippen molar-refractivity contribution in [3.63, 3.8) is 0 Å². The van der Waals surface area contributed by atoms with Crippen molar-refractivity contribution in [3.05, 3.63) is 60.2 Å². The highest BCUT2D eigenvalue weighted by Gasteiger charge is 2.59. The number of anilines is 2. The summed E-state index contributed by atoms with van der Waals surface area (Å²) in [6.07, 6.45) is 1.87. The number of rotatable bonds is 5. The van der Waals surface area contributed by atoms with E-state index >= 15 is 0 Å². The second kappa shape index (κ2) is 7.16. The molecule has 0 aromatic heterocycles. The van der Waals surface area contributed by atoms with Crippen LogP contribution in [0.1, 0.15) is 32.3 Å². The highest BCUT2D eigenvalue weighted by atomic mass is 16.7. The summed E-state index contributed by atoms with van der Waals surface area (Å²) in [5.41, 5.74) is 2.68. The number of hydroxylamine groups is 1. The maximum Gasteiger partial charge on any atom is 0.266 e. The molecule has 2 aliphatic heterocycles. The van der Waals surface area contributed by atoms with Crippen molar-refractivity contribution < 1.29 is 14.4 Å². The molecule has 2 heterocycles. The van der Waals surface area contributed by atoms with Crippen LogP contribution >= 0.6 is 0 Å². The molecule has 2 amide bonds. The molecule has 2 saturated heterocycles. The average molecular weight is 364 g/mol. The maximum absolute atomic E-state index is 13.2. The second-order valence-corrected chi connectivity index (χ2v) is 7.10. The molecule has 0 bridgehead atoms. The van der Waals surface area contributed by atoms with E-state index in [4.69, 9.17) is 4.84 Å². The Kier molecular flexibility index (Phi) is 4.70. The van der Waals surface area contributed by atoms with Gasteiger partial charge in [0.05, 0.1) is 23.3 Å². The first-order valence-electron chi connectivity index (χ1n) is 9.63. The van der Waals surface area contributed by atoms with E-state index in [0.29, 0.717) is 5.69 Å². The first-order chi connectivity index (χ1) is 13.2. The van der Waals surface area contributed by atoms with E-state index in [1.807, 2.05) is 54.6 Å². The molecule has 4 rings (SSSR count). The Balaban J connectivity index is 1.65. The molecule has 2 aromatic rings. The van der Waals surface area contributed by atoms with E-state index in [2.05, 4.69) is 13.8 Å². The van der Waals surface area contributed by atoms with Crippen LogP contribution < -0.4 is 9.96 Å². The molecule has 0 N–H and O–H groups in total. The van der Waals surface area contributed by atoms with Crippen molar-refractivity contribution in [2.24, 2.45) is 5.92 Å². The summed E-state index contributed by atoms with van der Waals surface area (Å²) in [5.74, 6) is -0.900. The van der Waals surface area contributed by atoms with Crippen LogP contribution in [0.3, 0.4) is 0 Å². The van der Waals surface area contributed by atoms with Gasteiger partial charge in [-0.1, -0.05) is 50.6 Å². The molecule has 2 aromatic carbocycles. The Bertz CT molecular complexity index is 834. The predicted octanol–water partition coefficient (Wildman–Crippen LogP) is 3.73. The summed E-state index contributed by atoms with van der Waals surface area (Å²) in [4.78, 5) is 33.6. The SMILES string of the molecule is CCC[C@H]1[C@H]2C(=O)N(c3ccc(CC)cc3)C(=O)[C@H]2ON1c1ccccc1. The summed E-state index contributed by atoms with van der Waals surface area (Å²) in [6.45, 7) is 4.16. The molecule has 2 fully saturated rings. The zero-order chi connectivity index (χ0) is 19.0. The third-order valence-corrected chi connectivity index (χ3v) is 5.44. The van der Waals surface area contributed by atoms with Crippen LogP contribution in [-0.4, -0.2) is 24.0 Å². The topological polar surface area (TPSA) is 49.9 Å². The Morgan fingerprint density at radius 3 is 2.22 bits per heavy atom. The summed E-state index contributed by atoms with van der Waals surface area (Å²) >= 11 is 0. The fourth-order valence-corrected chi connectivity index (χ4v) is 4.05. The summed E-state index contributed by atoms with van der Waals surface area (Å²) < 4.78 is 0. The van der Waals surface area contributed by atoms with Gasteiger partial charge in [0.15, 0.2) is 6.10 Å². The van der Waals surface area contributed by atoms with E-state index in [-0.39, 0.29) is 17.9 Å². The molecule has 0 spiro atoms. The lowest BCUT2D eigenvalue weighted by Crippen LogP contribution is -2.40. The number of carbonyl (C=O) groups excluding carboxylic acids is 2. The first-order valence-corrected chi connectivity index (χ1v) is 9.63. The Morgan fingerprint density at radius 1 is 0.889 bits per heavy atom. The lowest BCUT2D eigenvalue weighted by Gasteiger charge is -2.28. The molecule has 5 nitrogen and oxygen atoms in total. The van der Waals surface area contributed by atoms with Crippen LogP contribution in [0, 0.1) is 5.92 Å². The van der Waals surface area contributed by atoms with E-state index in [1.54, 1.807) is 5.06 Å². The van der Waals surface area contributed by atoms with Gasteiger partial charge in [-0.3, -0.25) is 14.4 Å². The minimum Gasteiger partial charge on any atom is -0.273 e. The number of amides is 2. The lowest BCUT2D eigenvalue weighted by molar-refractivity contribution is -0.126. The number of hydrogen-bond donors (Lipinski definition) is 0. The normalized spacial score (nSPS) is 24.6. The van der Waals surface area contributed by atoms with Gasteiger partial charge in [0, 0.05) is 0 Å². The molecule has 140 valence electrons. The van der Waals surface area contributed by atoms with Crippen LogP contribution in [0.5, 0.6) is 0 Å². The van der Waals surface area contributed by atoms with Gasteiger partial charge in [-0.05, 0) is 42.7 Å². The van der Waals surface area contributed by atoms with Crippen molar-refractivity contribution in [1.82, 2.24) is 0 Å². The number of aryl methyl sites for hydroxylation is 1. The molecule has 2 aliphatic rings. The van der Waals surface area contributed by atoms with Gasteiger partial charge in [-0.15, -0.1) is 0 Å². The molecule has 0 unspecified atom stereocenters. The Labute approximate surface area is 159 Å². The zero-order valence-corrected chi connectivity index (χ0v) is 15.7. The van der Waals surface area contributed by atoms with Gasteiger partial charge in [0.2, 0.25) is 5.91 Å². The first kappa shape index (κ1) is 17.7. The number of nitrogens with zero attached hydrogens (tertiary/aromatic N) is 2. The van der Waals surface area contributed by atoms with Crippen LogP contribution in [0.4, 0.5) is 11.4 Å². The molecule has 0 saturated carbocycles. The van der Waals surface area contributed by atoms with Crippen LogP contribution in [0.2, 0.25) is 0 Å². The smallest absolute Gasteiger partial charge is 0.266 e. The molecule has 0 radical (unpaired) electrons. The van der Waals surface area contributed by atoms with Gasteiger partial charge < -0.3 is 0 Å². The van der Waals surface area contributed by atoms with Gasteiger partial charge in [0.1, 0.15) is 0 Å². The second-order valence-electron chi connectivity index (χ2n) is 7.10. The summed E-state index contributed by atoms with van der Waals surface area (Å²) in [6, 6.07) is 17.2.